The average molecular weight is 593 g/mol. The molecule has 0 heterocycles. The lowest BCUT2D eigenvalue weighted by molar-refractivity contribution is -0.305. The number of ether oxygens (including phenoxy) is 1. The minimum absolute atomic E-state index is 0.0868. The Morgan fingerprint density at radius 2 is 1.46 bits per heavy atom. The second kappa shape index (κ2) is 14.2. The Balaban J connectivity index is 1.36. The highest BCUT2D eigenvalue weighted by atomic mass is 79.9. The Bertz CT molecular complexity index is 1370. The lowest BCUT2D eigenvalue weighted by Gasteiger charge is -2.18. The Labute approximate surface area is 234 Å². The van der Waals surface area contributed by atoms with E-state index in [1.54, 1.807) is 24.3 Å². The van der Waals surface area contributed by atoms with E-state index in [9.17, 15) is 14.0 Å². The molecule has 0 bridgehead atoms. The maximum absolute atomic E-state index is 13.1. The van der Waals surface area contributed by atoms with E-state index < -0.39 is 11.9 Å². The van der Waals surface area contributed by atoms with E-state index in [1.807, 2.05) is 54.6 Å². The SMILES string of the molecule is O=C(Cc1cccc(Br)c1)NC(COOCc1ccccc1)C(=O)Nc1ccc(Oc2ccc(F)cc2)cc1. The molecule has 39 heavy (non-hydrogen) atoms. The summed E-state index contributed by atoms with van der Waals surface area (Å²) in [5.41, 5.74) is 2.18. The Kier molecular flexibility index (Phi) is 10.2. The maximum Gasteiger partial charge on any atom is 0.249 e. The van der Waals surface area contributed by atoms with E-state index in [1.165, 1.54) is 24.3 Å². The van der Waals surface area contributed by atoms with Crippen LogP contribution in [0.25, 0.3) is 0 Å². The normalized spacial score (nSPS) is 11.4. The largest absolute Gasteiger partial charge is 0.457 e. The van der Waals surface area contributed by atoms with Crippen LogP contribution >= 0.6 is 15.9 Å². The number of carbonyl (C=O) groups excluding carboxylic acids is 2. The molecule has 7 nitrogen and oxygen atoms in total. The molecule has 0 aliphatic rings. The zero-order valence-corrected chi connectivity index (χ0v) is 22.4. The molecule has 0 aliphatic carbocycles. The van der Waals surface area contributed by atoms with Crippen LogP contribution in [0.2, 0.25) is 0 Å². The first-order valence-electron chi connectivity index (χ1n) is 12.1. The summed E-state index contributed by atoms with van der Waals surface area (Å²) in [6, 6.07) is 28.1. The molecular formula is C30H26BrFN2O5. The summed E-state index contributed by atoms with van der Waals surface area (Å²) >= 11 is 3.39. The number of hydrogen-bond donors (Lipinski definition) is 2. The van der Waals surface area contributed by atoms with Crippen LogP contribution in [0.15, 0.2) is 108 Å². The van der Waals surface area contributed by atoms with Crippen LogP contribution in [0.4, 0.5) is 10.1 Å². The third-order valence-electron chi connectivity index (χ3n) is 5.46. The van der Waals surface area contributed by atoms with Crippen LogP contribution in [0.3, 0.4) is 0 Å². The summed E-state index contributed by atoms with van der Waals surface area (Å²) in [7, 11) is 0. The van der Waals surface area contributed by atoms with Gasteiger partial charge in [-0.3, -0.25) is 9.59 Å². The second-order valence-electron chi connectivity index (χ2n) is 8.53. The number of anilines is 1. The van der Waals surface area contributed by atoms with Gasteiger partial charge >= 0.3 is 0 Å². The Morgan fingerprint density at radius 3 is 2.15 bits per heavy atom. The fraction of sp³-hybridized carbons (Fsp3) is 0.133. The summed E-state index contributed by atoms with van der Waals surface area (Å²) in [4.78, 5) is 36.4. The van der Waals surface area contributed by atoms with Crippen molar-refractivity contribution in [2.75, 3.05) is 11.9 Å². The minimum Gasteiger partial charge on any atom is -0.457 e. The van der Waals surface area contributed by atoms with Crippen molar-refractivity contribution in [2.45, 2.75) is 19.1 Å². The average Bonchev–Trinajstić information content (AvgIpc) is 2.93. The number of hydrogen-bond acceptors (Lipinski definition) is 5. The molecule has 0 fully saturated rings. The third kappa shape index (κ3) is 9.33. The van der Waals surface area contributed by atoms with E-state index in [0.29, 0.717) is 17.2 Å². The van der Waals surface area contributed by atoms with Crippen LogP contribution in [0.1, 0.15) is 11.1 Å². The molecule has 1 atom stereocenters. The molecule has 0 spiro atoms. The number of carbonyl (C=O) groups is 2. The first kappa shape index (κ1) is 28.0. The predicted octanol–water partition coefficient (Wildman–Crippen LogP) is 6.19. The van der Waals surface area contributed by atoms with Gasteiger partial charge in [0.25, 0.3) is 0 Å². The highest BCUT2D eigenvalue weighted by molar-refractivity contribution is 9.10. The number of benzene rings is 4. The molecule has 0 aromatic heterocycles. The minimum atomic E-state index is -1.02. The van der Waals surface area contributed by atoms with Crippen molar-refractivity contribution in [1.82, 2.24) is 5.32 Å². The fourth-order valence-electron chi connectivity index (χ4n) is 3.54. The predicted molar refractivity (Wildman–Crippen MR) is 149 cm³/mol. The number of halogens is 2. The van der Waals surface area contributed by atoms with Gasteiger partial charge in [0.05, 0.1) is 6.42 Å². The summed E-state index contributed by atoms with van der Waals surface area (Å²) < 4.78 is 19.6. The van der Waals surface area contributed by atoms with Crippen LogP contribution in [-0.2, 0) is 32.4 Å². The molecule has 0 radical (unpaired) electrons. The fourth-order valence-corrected chi connectivity index (χ4v) is 3.98. The van der Waals surface area contributed by atoms with Crippen molar-refractivity contribution in [3.8, 4) is 11.5 Å². The molecular weight excluding hydrogens is 567 g/mol. The summed E-state index contributed by atoms with van der Waals surface area (Å²) in [5.74, 6) is -0.186. The molecule has 2 amide bonds. The van der Waals surface area contributed by atoms with Gasteiger partial charge in [-0.15, -0.1) is 0 Å². The van der Waals surface area contributed by atoms with E-state index >= 15 is 0 Å². The molecule has 1 unspecified atom stereocenters. The van der Waals surface area contributed by atoms with E-state index in [2.05, 4.69) is 26.6 Å². The molecule has 9 heteroatoms. The summed E-state index contributed by atoms with van der Waals surface area (Å²) in [6.07, 6.45) is 0.0868. The number of rotatable bonds is 12. The van der Waals surface area contributed by atoms with Crippen LogP contribution in [0.5, 0.6) is 11.5 Å². The molecule has 200 valence electrons. The van der Waals surface area contributed by atoms with Crippen LogP contribution in [-0.4, -0.2) is 24.5 Å². The standard InChI is InChI=1S/C30H26BrFN2O5/c31-23-8-4-7-22(17-23)18-29(35)34-28(20-38-37-19-21-5-2-1-3-6-21)30(36)33-25-11-15-27(16-12-25)39-26-13-9-24(32)10-14-26/h1-17,28H,18-20H2,(H,33,36)(H,34,35). The second-order valence-corrected chi connectivity index (χ2v) is 9.44. The van der Waals surface area contributed by atoms with E-state index in [4.69, 9.17) is 14.5 Å². The van der Waals surface area contributed by atoms with Crippen molar-refractivity contribution in [1.29, 1.82) is 0 Å². The lowest BCUT2D eigenvalue weighted by atomic mass is 10.1. The highest BCUT2D eigenvalue weighted by Crippen LogP contribution is 2.23. The van der Waals surface area contributed by atoms with Gasteiger partial charge < -0.3 is 15.4 Å². The molecule has 0 saturated carbocycles. The number of nitrogens with one attached hydrogen (secondary N) is 2. The summed E-state index contributed by atoms with van der Waals surface area (Å²) in [6.45, 7) is -0.00859. The van der Waals surface area contributed by atoms with Gasteiger partial charge in [-0.2, -0.15) is 0 Å². The molecule has 4 rings (SSSR count). The van der Waals surface area contributed by atoms with Gasteiger partial charge in [0.15, 0.2) is 0 Å². The lowest BCUT2D eigenvalue weighted by Crippen LogP contribution is -2.47. The van der Waals surface area contributed by atoms with E-state index in [0.717, 1.165) is 15.6 Å². The van der Waals surface area contributed by atoms with E-state index in [-0.39, 0.29) is 31.4 Å². The van der Waals surface area contributed by atoms with Gasteiger partial charge in [-0.05, 0) is 71.8 Å². The van der Waals surface area contributed by atoms with Gasteiger partial charge in [0.2, 0.25) is 11.8 Å². The van der Waals surface area contributed by atoms with Gasteiger partial charge in [0.1, 0.15) is 36.6 Å². The Hall–Kier alpha value is -4.05. The smallest absolute Gasteiger partial charge is 0.249 e. The summed E-state index contributed by atoms with van der Waals surface area (Å²) in [5, 5.41) is 5.50. The van der Waals surface area contributed by atoms with Gasteiger partial charge in [-0.25, -0.2) is 14.2 Å². The molecule has 2 N–H and O–H groups in total. The van der Waals surface area contributed by atoms with Crippen LogP contribution < -0.4 is 15.4 Å². The monoisotopic (exact) mass is 592 g/mol. The first-order valence-corrected chi connectivity index (χ1v) is 12.9. The quantitative estimate of drug-likeness (QED) is 0.116. The molecule has 0 saturated heterocycles. The van der Waals surface area contributed by atoms with Crippen LogP contribution in [0, 0.1) is 5.82 Å². The zero-order valence-electron chi connectivity index (χ0n) is 20.8. The molecule has 0 aliphatic heterocycles. The van der Waals surface area contributed by atoms with Crippen molar-refractivity contribution in [3.05, 3.63) is 125 Å². The Morgan fingerprint density at radius 1 is 0.795 bits per heavy atom. The number of amides is 2. The van der Waals surface area contributed by atoms with Crippen molar-refractivity contribution in [3.63, 3.8) is 0 Å². The molecule has 4 aromatic rings. The highest BCUT2D eigenvalue weighted by Gasteiger charge is 2.22. The first-order chi connectivity index (χ1) is 18.9. The van der Waals surface area contributed by atoms with Crippen molar-refractivity contribution < 1.29 is 28.5 Å². The maximum atomic E-state index is 13.1. The molecule has 4 aromatic carbocycles. The zero-order chi connectivity index (χ0) is 27.5. The van der Waals surface area contributed by atoms with Gasteiger partial charge in [0, 0.05) is 10.2 Å². The van der Waals surface area contributed by atoms with Gasteiger partial charge in [-0.1, -0.05) is 58.4 Å². The third-order valence-corrected chi connectivity index (χ3v) is 5.96. The topological polar surface area (TPSA) is 85.9 Å². The van der Waals surface area contributed by atoms with Crippen molar-refractivity contribution >= 4 is 33.4 Å². The van der Waals surface area contributed by atoms with Crippen molar-refractivity contribution in [2.24, 2.45) is 0 Å².